The van der Waals surface area contributed by atoms with Crippen LogP contribution in [0.3, 0.4) is 0 Å². The third-order valence-corrected chi connectivity index (χ3v) is 3.58. The molecule has 1 unspecified atom stereocenters. The average molecular weight is 348 g/mol. The summed E-state index contributed by atoms with van der Waals surface area (Å²) in [7, 11) is 0. The summed E-state index contributed by atoms with van der Waals surface area (Å²) in [5.41, 5.74) is 5.20. The van der Waals surface area contributed by atoms with E-state index < -0.39 is 0 Å². The highest BCUT2D eigenvalue weighted by Crippen LogP contribution is 2.29. The summed E-state index contributed by atoms with van der Waals surface area (Å²) in [5, 5.41) is 0. The van der Waals surface area contributed by atoms with Gasteiger partial charge in [0.25, 0.3) is 0 Å². The Morgan fingerprint density at radius 3 is 2.69 bits per heavy atom. The van der Waals surface area contributed by atoms with Crippen molar-refractivity contribution >= 4 is 31.9 Å². The van der Waals surface area contributed by atoms with Crippen LogP contribution in [0.1, 0.15) is 31.4 Å². The molecule has 1 rings (SSSR count). The molecule has 0 heterocycles. The molecular formula is C12H16Br2N2. The standard InChI is InChI=1S/C12H16Br2N2/c1-8(2)3-6-12(16-15)10-5-4-9(13)7-11(10)14/h4-5,7,12,16H,1,3,6,15H2,2H3. The number of allylic oxidation sites excluding steroid dienone is 1. The Morgan fingerprint density at radius 2 is 2.19 bits per heavy atom. The minimum absolute atomic E-state index is 0.152. The second kappa shape index (κ2) is 6.55. The highest BCUT2D eigenvalue weighted by atomic mass is 79.9. The minimum atomic E-state index is 0.152. The van der Waals surface area contributed by atoms with Gasteiger partial charge in [0, 0.05) is 15.0 Å². The first-order valence-electron chi connectivity index (χ1n) is 5.10. The Morgan fingerprint density at radius 1 is 1.50 bits per heavy atom. The summed E-state index contributed by atoms with van der Waals surface area (Å²) in [6.07, 6.45) is 1.92. The Bertz CT molecular complexity index is 377. The largest absolute Gasteiger partial charge is 0.271 e. The van der Waals surface area contributed by atoms with Gasteiger partial charge in [0.05, 0.1) is 0 Å². The molecule has 1 atom stereocenters. The first-order valence-corrected chi connectivity index (χ1v) is 6.68. The van der Waals surface area contributed by atoms with Gasteiger partial charge in [-0.25, -0.2) is 0 Å². The van der Waals surface area contributed by atoms with Gasteiger partial charge in [-0.2, -0.15) is 0 Å². The van der Waals surface area contributed by atoms with Crippen LogP contribution >= 0.6 is 31.9 Å². The quantitative estimate of drug-likeness (QED) is 0.478. The first-order chi connectivity index (χ1) is 7.54. The van der Waals surface area contributed by atoms with E-state index in [0.29, 0.717) is 0 Å². The zero-order valence-corrected chi connectivity index (χ0v) is 12.4. The molecule has 1 aromatic carbocycles. The van der Waals surface area contributed by atoms with E-state index in [1.54, 1.807) is 0 Å². The number of nitrogens with one attached hydrogen (secondary N) is 1. The summed E-state index contributed by atoms with van der Waals surface area (Å²) in [6, 6.07) is 6.27. The van der Waals surface area contributed by atoms with Crippen molar-refractivity contribution in [3.63, 3.8) is 0 Å². The molecule has 88 valence electrons. The number of hydrazine groups is 1. The summed E-state index contributed by atoms with van der Waals surface area (Å²) >= 11 is 6.98. The molecule has 0 aliphatic rings. The van der Waals surface area contributed by atoms with Gasteiger partial charge in [-0.3, -0.25) is 11.3 Å². The number of hydrogen-bond donors (Lipinski definition) is 2. The molecule has 0 bridgehead atoms. The molecule has 0 spiro atoms. The van der Waals surface area contributed by atoms with E-state index in [4.69, 9.17) is 5.84 Å². The summed E-state index contributed by atoms with van der Waals surface area (Å²) in [6.45, 7) is 5.94. The average Bonchev–Trinajstić information content (AvgIpc) is 2.21. The van der Waals surface area contributed by atoms with Crippen LogP contribution in [0, 0.1) is 0 Å². The fraction of sp³-hybridized carbons (Fsp3) is 0.333. The van der Waals surface area contributed by atoms with Crippen LogP contribution in [-0.4, -0.2) is 0 Å². The zero-order valence-electron chi connectivity index (χ0n) is 9.26. The molecule has 0 saturated heterocycles. The highest BCUT2D eigenvalue weighted by molar-refractivity contribution is 9.11. The van der Waals surface area contributed by atoms with E-state index in [2.05, 4.69) is 49.9 Å². The van der Waals surface area contributed by atoms with Crippen molar-refractivity contribution in [3.8, 4) is 0 Å². The third-order valence-electron chi connectivity index (χ3n) is 2.40. The van der Waals surface area contributed by atoms with Crippen LogP contribution in [0.4, 0.5) is 0 Å². The van der Waals surface area contributed by atoms with Gasteiger partial charge in [0.1, 0.15) is 0 Å². The molecule has 1 aromatic rings. The maximum absolute atomic E-state index is 5.59. The minimum Gasteiger partial charge on any atom is -0.271 e. The fourth-order valence-electron chi connectivity index (χ4n) is 1.50. The van der Waals surface area contributed by atoms with Gasteiger partial charge < -0.3 is 0 Å². The molecule has 0 fully saturated rings. The maximum Gasteiger partial charge on any atom is 0.0474 e. The summed E-state index contributed by atoms with van der Waals surface area (Å²) in [4.78, 5) is 0. The number of nitrogens with two attached hydrogens (primary N) is 1. The number of rotatable bonds is 5. The van der Waals surface area contributed by atoms with Crippen molar-refractivity contribution in [3.05, 3.63) is 44.9 Å². The monoisotopic (exact) mass is 346 g/mol. The van der Waals surface area contributed by atoms with Gasteiger partial charge >= 0.3 is 0 Å². The van der Waals surface area contributed by atoms with Gasteiger partial charge in [-0.15, -0.1) is 6.58 Å². The molecule has 16 heavy (non-hydrogen) atoms. The van der Waals surface area contributed by atoms with Crippen molar-refractivity contribution in [1.29, 1.82) is 0 Å². The second-order valence-corrected chi connectivity index (χ2v) is 5.65. The van der Waals surface area contributed by atoms with E-state index in [1.807, 2.05) is 19.1 Å². The molecule has 0 amide bonds. The Labute approximate surface area is 114 Å². The third kappa shape index (κ3) is 4.01. The molecule has 0 aromatic heterocycles. The number of hydrogen-bond acceptors (Lipinski definition) is 2. The Hall–Kier alpha value is -0.160. The fourth-order valence-corrected chi connectivity index (χ4v) is 2.83. The van der Waals surface area contributed by atoms with E-state index in [-0.39, 0.29) is 6.04 Å². The van der Waals surface area contributed by atoms with Crippen molar-refractivity contribution in [2.75, 3.05) is 0 Å². The van der Waals surface area contributed by atoms with Crippen molar-refractivity contribution < 1.29 is 0 Å². The summed E-state index contributed by atoms with van der Waals surface area (Å²) in [5.74, 6) is 5.59. The Balaban J connectivity index is 2.82. The normalized spacial score (nSPS) is 12.5. The SMILES string of the molecule is C=C(C)CCC(NN)c1ccc(Br)cc1Br. The van der Waals surface area contributed by atoms with Crippen LogP contribution in [0.5, 0.6) is 0 Å². The van der Waals surface area contributed by atoms with Crippen LogP contribution in [0.15, 0.2) is 39.3 Å². The molecule has 2 nitrogen and oxygen atoms in total. The maximum atomic E-state index is 5.59. The first kappa shape index (κ1) is 13.9. The molecule has 0 saturated carbocycles. The Kier molecular flexibility index (Phi) is 5.69. The van der Waals surface area contributed by atoms with E-state index >= 15 is 0 Å². The van der Waals surface area contributed by atoms with Crippen molar-refractivity contribution in [1.82, 2.24) is 5.43 Å². The highest BCUT2D eigenvalue weighted by Gasteiger charge is 2.12. The lowest BCUT2D eigenvalue weighted by Crippen LogP contribution is -2.28. The number of benzene rings is 1. The lowest BCUT2D eigenvalue weighted by Gasteiger charge is -2.18. The topological polar surface area (TPSA) is 38.0 Å². The van der Waals surface area contributed by atoms with Gasteiger partial charge in [-0.05, 0) is 37.5 Å². The van der Waals surface area contributed by atoms with Crippen LogP contribution < -0.4 is 11.3 Å². The molecule has 0 aliphatic heterocycles. The lowest BCUT2D eigenvalue weighted by molar-refractivity contribution is 0.514. The summed E-state index contributed by atoms with van der Waals surface area (Å²) < 4.78 is 2.12. The van der Waals surface area contributed by atoms with Gasteiger partial charge in [0.2, 0.25) is 0 Å². The van der Waals surface area contributed by atoms with E-state index in [9.17, 15) is 0 Å². The van der Waals surface area contributed by atoms with Crippen molar-refractivity contribution in [2.24, 2.45) is 5.84 Å². The molecule has 3 N–H and O–H groups in total. The molecule has 0 aliphatic carbocycles. The number of halogens is 2. The van der Waals surface area contributed by atoms with Crippen LogP contribution in [0.25, 0.3) is 0 Å². The zero-order chi connectivity index (χ0) is 12.1. The molecule has 4 heteroatoms. The molecular weight excluding hydrogens is 332 g/mol. The van der Waals surface area contributed by atoms with E-state index in [1.165, 1.54) is 11.1 Å². The smallest absolute Gasteiger partial charge is 0.0474 e. The lowest BCUT2D eigenvalue weighted by atomic mass is 10.0. The predicted molar refractivity (Wildman–Crippen MR) is 76.0 cm³/mol. The van der Waals surface area contributed by atoms with Crippen LogP contribution in [0.2, 0.25) is 0 Å². The van der Waals surface area contributed by atoms with E-state index in [0.717, 1.165) is 21.8 Å². The second-order valence-electron chi connectivity index (χ2n) is 3.88. The van der Waals surface area contributed by atoms with Gasteiger partial charge in [0.15, 0.2) is 0 Å². The van der Waals surface area contributed by atoms with Gasteiger partial charge in [-0.1, -0.05) is 43.5 Å². The van der Waals surface area contributed by atoms with Crippen LogP contribution in [-0.2, 0) is 0 Å². The molecule has 0 radical (unpaired) electrons. The predicted octanol–water partition coefficient (Wildman–Crippen LogP) is 4.07. The van der Waals surface area contributed by atoms with Crippen molar-refractivity contribution in [2.45, 2.75) is 25.8 Å².